The molecule has 2 aromatic rings. The summed E-state index contributed by atoms with van der Waals surface area (Å²) in [6.45, 7) is 6.44. The molecule has 2 heteroatoms. The molecule has 1 aromatic carbocycles. The highest BCUT2D eigenvalue weighted by Gasteiger charge is 2.08. The Morgan fingerprint density at radius 2 is 1.75 bits per heavy atom. The maximum absolute atomic E-state index is 3.55. The van der Waals surface area contributed by atoms with Crippen molar-refractivity contribution in [2.45, 2.75) is 26.8 Å². The first-order valence-corrected chi connectivity index (χ1v) is 5.64. The largest absolute Gasteiger partial charge is 0.377 e. The molecule has 0 spiro atoms. The molecule has 1 aromatic heterocycles. The van der Waals surface area contributed by atoms with Gasteiger partial charge in [-0.1, -0.05) is 18.2 Å². The summed E-state index contributed by atoms with van der Waals surface area (Å²) in [5.41, 5.74) is 5.03. The van der Waals surface area contributed by atoms with E-state index in [0.29, 0.717) is 6.04 Å². The Morgan fingerprint density at radius 1 is 1.06 bits per heavy atom. The van der Waals surface area contributed by atoms with E-state index < -0.39 is 0 Å². The number of hydrogen-bond donors (Lipinski definition) is 2. The van der Waals surface area contributed by atoms with Crippen LogP contribution in [0.2, 0.25) is 0 Å². The number of benzene rings is 1. The second-order valence-electron chi connectivity index (χ2n) is 4.26. The fraction of sp³-hybridized carbons (Fsp3) is 0.286. The van der Waals surface area contributed by atoms with E-state index in [9.17, 15) is 0 Å². The Bertz CT molecular complexity index is 437. The van der Waals surface area contributed by atoms with Gasteiger partial charge in [0.1, 0.15) is 0 Å². The van der Waals surface area contributed by atoms with Crippen LogP contribution in [0.25, 0.3) is 0 Å². The molecule has 1 heterocycles. The van der Waals surface area contributed by atoms with Gasteiger partial charge in [-0.25, -0.2) is 0 Å². The van der Waals surface area contributed by atoms with Gasteiger partial charge in [-0.3, -0.25) is 0 Å². The van der Waals surface area contributed by atoms with Gasteiger partial charge >= 0.3 is 0 Å². The molecule has 0 radical (unpaired) electrons. The highest BCUT2D eigenvalue weighted by molar-refractivity contribution is 5.57. The number of anilines is 1. The van der Waals surface area contributed by atoms with Crippen molar-refractivity contribution >= 4 is 5.69 Å². The second kappa shape index (κ2) is 4.44. The van der Waals surface area contributed by atoms with Gasteiger partial charge in [0, 0.05) is 17.6 Å². The number of aromatic nitrogens is 1. The zero-order valence-electron chi connectivity index (χ0n) is 10.0. The fourth-order valence-corrected chi connectivity index (χ4v) is 1.95. The number of nitrogens with one attached hydrogen (secondary N) is 2. The second-order valence-corrected chi connectivity index (χ2v) is 4.26. The van der Waals surface area contributed by atoms with Crippen LogP contribution in [-0.4, -0.2) is 4.98 Å². The van der Waals surface area contributed by atoms with Crippen molar-refractivity contribution in [1.29, 1.82) is 0 Å². The predicted octanol–water partition coefficient (Wildman–Crippen LogP) is 3.80. The van der Waals surface area contributed by atoms with Crippen LogP contribution in [0.4, 0.5) is 5.69 Å². The predicted molar refractivity (Wildman–Crippen MR) is 68.7 cm³/mol. The molecule has 0 saturated carbocycles. The Balaban J connectivity index is 2.21. The van der Waals surface area contributed by atoms with Crippen molar-refractivity contribution in [3.8, 4) is 0 Å². The highest BCUT2D eigenvalue weighted by Crippen LogP contribution is 2.24. The first kappa shape index (κ1) is 10.8. The van der Waals surface area contributed by atoms with Gasteiger partial charge in [-0.2, -0.15) is 0 Å². The van der Waals surface area contributed by atoms with Crippen molar-refractivity contribution in [2.75, 3.05) is 5.32 Å². The zero-order chi connectivity index (χ0) is 11.5. The number of rotatable bonds is 3. The normalized spacial score (nSPS) is 12.4. The van der Waals surface area contributed by atoms with Gasteiger partial charge in [0.15, 0.2) is 0 Å². The minimum atomic E-state index is 0.301. The summed E-state index contributed by atoms with van der Waals surface area (Å²) in [4.78, 5) is 3.23. The third-order valence-electron chi connectivity index (χ3n) is 2.93. The van der Waals surface area contributed by atoms with Crippen LogP contribution in [0.15, 0.2) is 36.5 Å². The Hall–Kier alpha value is -1.70. The van der Waals surface area contributed by atoms with Crippen LogP contribution in [0.5, 0.6) is 0 Å². The van der Waals surface area contributed by atoms with Crippen molar-refractivity contribution in [3.05, 3.63) is 53.3 Å². The van der Waals surface area contributed by atoms with E-state index in [4.69, 9.17) is 0 Å². The third-order valence-corrected chi connectivity index (χ3v) is 2.93. The maximum Gasteiger partial charge on any atom is 0.0635 e. The lowest BCUT2D eigenvalue weighted by atomic mass is 10.1. The van der Waals surface area contributed by atoms with Crippen LogP contribution in [0.3, 0.4) is 0 Å². The number of aromatic amines is 1. The monoisotopic (exact) mass is 214 g/mol. The van der Waals surface area contributed by atoms with Gasteiger partial charge < -0.3 is 10.3 Å². The summed E-state index contributed by atoms with van der Waals surface area (Å²) in [6, 6.07) is 10.8. The molecule has 0 saturated heterocycles. The standard InChI is InChI=1S/C14H18N2/c1-10-6-4-7-11(2)14(10)16-12(3)13-8-5-9-15-13/h4-9,12,15-16H,1-3H3/t12-/m1/s1. The summed E-state index contributed by atoms with van der Waals surface area (Å²) in [5, 5.41) is 3.55. The van der Waals surface area contributed by atoms with E-state index in [1.54, 1.807) is 0 Å². The molecule has 16 heavy (non-hydrogen) atoms. The van der Waals surface area contributed by atoms with E-state index in [2.05, 4.69) is 55.3 Å². The lowest BCUT2D eigenvalue weighted by Crippen LogP contribution is -2.09. The van der Waals surface area contributed by atoms with Crippen molar-refractivity contribution in [3.63, 3.8) is 0 Å². The molecular formula is C14H18N2. The summed E-state index contributed by atoms with van der Waals surface area (Å²) < 4.78 is 0. The first-order chi connectivity index (χ1) is 7.68. The van der Waals surface area contributed by atoms with E-state index in [1.807, 2.05) is 12.3 Å². The molecule has 2 nitrogen and oxygen atoms in total. The molecule has 0 aliphatic rings. The minimum absolute atomic E-state index is 0.301. The first-order valence-electron chi connectivity index (χ1n) is 5.64. The fourth-order valence-electron chi connectivity index (χ4n) is 1.95. The van der Waals surface area contributed by atoms with Gasteiger partial charge in [0.05, 0.1) is 6.04 Å². The van der Waals surface area contributed by atoms with Crippen LogP contribution in [0, 0.1) is 13.8 Å². The Morgan fingerprint density at radius 3 is 2.31 bits per heavy atom. The molecule has 2 N–H and O–H groups in total. The summed E-state index contributed by atoms with van der Waals surface area (Å²) >= 11 is 0. The maximum atomic E-state index is 3.55. The SMILES string of the molecule is Cc1cccc(C)c1N[C@H](C)c1ccc[nH]1. The summed E-state index contributed by atoms with van der Waals surface area (Å²) in [7, 11) is 0. The summed E-state index contributed by atoms with van der Waals surface area (Å²) in [5.74, 6) is 0. The van der Waals surface area contributed by atoms with Crippen LogP contribution < -0.4 is 5.32 Å². The number of aryl methyl sites for hydroxylation is 2. The Labute approximate surface area is 96.7 Å². The molecule has 0 aliphatic carbocycles. The number of H-pyrrole nitrogens is 1. The molecule has 1 atom stereocenters. The molecule has 0 bridgehead atoms. The van der Waals surface area contributed by atoms with Gasteiger partial charge in [0.2, 0.25) is 0 Å². The minimum Gasteiger partial charge on any atom is -0.377 e. The average Bonchev–Trinajstić information content (AvgIpc) is 2.76. The van der Waals surface area contributed by atoms with E-state index in [0.717, 1.165) is 0 Å². The quantitative estimate of drug-likeness (QED) is 0.799. The smallest absolute Gasteiger partial charge is 0.0635 e. The van der Waals surface area contributed by atoms with E-state index >= 15 is 0 Å². The third kappa shape index (κ3) is 2.11. The van der Waals surface area contributed by atoms with Gasteiger partial charge in [-0.15, -0.1) is 0 Å². The highest BCUT2D eigenvalue weighted by atomic mass is 14.9. The number of hydrogen-bond acceptors (Lipinski definition) is 1. The molecule has 84 valence electrons. The average molecular weight is 214 g/mol. The van der Waals surface area contributed by atoms with Gasteiger partial charge in [-0.05, 0) is 44.0 Å². The molecule has 0 fully saturated rings. The van der Waals surface area contributed by atoms with Gasteiger partial charge in [0.25, 0.3) is 0 Å². The topological polar surface area (TPSA) is 27.8 Å². The molecular weight excluding hydrogens is 196 g/mol. The molecule has 0 aliphatic heterocycles. The zero-order valence-corrected chi connectivity index (χ0v) is 10.0. The molecule has 0 amide bonds. The van der Waals surface area contributed by atoms with Crippen LogP contribution >= 0.6 is 0 Å². The van der Waals surface area contributed by atoms with E-state index in [1.165, 1.54) is 22.5 Å². The molecule has 2 rings (SSSR count). The van der Waals surface area contributed by atoms with Crippen LogP contribution in [0.1, 0.15) is 29.8 Å². The van der Waals surface area contributed by atoms with Crippen LogP contribution in [-0.2, 0) is 0 Å². The van der Waals surface area contributed by atoms with Crippen molar-refractivity contribution in [1.82, 2.24) is 4.98 Å². The van der Waals surface area contributed by atoms with Crippen molar-refractivity contribution in [2.24, 2.45) is 0 Å². The summed E-state index contributed by atoms with van der Waals surface area (Å²) in [6.07, 6.45) is 1.96. The molecule has 0 unspecified atom stereocenters. The van der Waals surface area contributed by atoms with E-state index in [-0.39, 0.29) is 0 Å². The lowest BCUT2D eigenvalue weighted by Gasteiger charge is -2.18. The number of para-hydroxylation sites is 1. The van der Waals surface area contributed by atoms with Crippen molar-refractivity contribution < 1.29 is 0 Å². The Kier molecular flexibility index (Phi) is 3.00. The lowest BCUT2D eigenvalue weighted by molar-refractivity contribution is 0.846.